The molecular formula is C12H24ClN3O2. The highest BCUT2D eigenvalue weighted by atomic mass is 35.5. The normalized spacial score (nSPS) is 18.0. The molecule has 1 rings (SSSR count). The third kappa shape index (κ3) is 6.81. The molecule has 0 saturated carbocycles. The summed E-state index contributed by atoms with van der Waals surface area (Å²) < 4.78 is 0. The Kier molecular flexibility index (Phi) is 8.75. The number of carbonyl (C=O) groups is 2. The summed E-state index contributed by atoms with van der Waals surface area (Å²) in [5.74, 6) is 0.193. The lowest BCUT2D eigenvalue weighted by atomic mass is 10.1. The van der Waals surface area contributed by atoms with Crippen LogP contribution >= 0.6 is 12.4 Å². The van der Waals surface area contributed by atoms with Gasteiger partial charge in [0.2, 0.25) is 11.8 Å². The highest BCUT2D eigenvalue weighted by molar-refractivity contribution is 5.85. The fraction of sp³-hybridized carbons (Fsp3) is 0.833. The molecule has 0 bridgehead atoms. The van der Waals surface area contributed by atoms with Crippen molar-refractivity contribution in [2.24, 2.45) is 0 Å². The summed E-state index contributed by atoms with van der Waals surface area (Å²) in [6, 6.07) is 0.346. The van der Waals surface area contributed by atoms with Gasteiger partial charge in [0.05, 0.1) is 0 Å². The number of amides is 2. The average Bonchev–Trinajstić information content (AvgIpc) is 2.76. The van der Waals surface area contributed by atoms with Crippen LogP contribution in [0.5, 0.6) is 0 Å². The van der Waals surface area contributed by atoms with Crippen molar-refractivity contribution in [3.05, 3.63) is 0 Å². The second-order valence-corrected chi connectivity index (χ2v) is 4.74. The van der Waals surface area contributed by atoms with Crippen molar-refractivity contribution < 1.29 is 9.59 Å². The zero-order valence-electron chi connectivity index (χ0n) is 11.2. The molecule has 6 heteroatoms. The molecule has 0 aromatic heterocycles. The minimum atomic E-state index is 0. The fourth-order valence-electron chi connectivity index (χ4n) is 1.92. The lowest BCUT2D eigenvalue weighted by molar-refractivity contribution is -0.129. The molecule has 1 saturated heterocycles. The maximum Gasteiger partial charge on any atom is 0.222 e. The highest BCUT2D eigenvalue weighted by Crippen LogP contribution is 2.08. The van der Waals surface area contributed by atoms with E-state index in [1.807, 2.05) is 0 Å². The van der Waals surface area contributed by atoms with E-state index in [4.69, 9.17) is 0 Å². The van der Waals surface area contributed by atoms with Crippen molar-refractivity contribution in [1.82, 2.24) is 15.5 Å². The second kappa shape index (κ2) is 9.16. The van der Waals surface area contributed by atoms with Gasteiger partial charge in [-0.05, 0) is 25.8 Å². The van der Waals surface area contributed by atoms with Gasteiger partial charge in [-0.2, -0.15) is 0 Å². The van der Waals surface area contributed by atoms with Crippen LogP contribution in [0.25, 0.3) is 0 Å². The molecule has 1 aliphatic rings. The van der Waals surface area contributed by atoms with Crippen LogP contribution in [0, 0.1) is 0 Å². The predicted octanol–water partition coefficient (Wildman–Crippen LogP) is 0.535. The summed E-state index contributed by atoms with van der Waals surface area (Å²) >= 11 is 0. The molecule has 0 radical (unpaired) electrons. The number of hydrogen-bond acceptors (Lipinski definition) is 3. The molecule has 0 aromatic carbocycles. The maximum absolute atomic E-state index is 11.5. The summed E-state index contributed by atoms with van der Waals surface area (Å²) in [5, 5.41) is 6.14. The van der Waals surface area contributed by atoms with E-state index in [1.165, 1.54) is 0 Å². The Labute approximate surface area is 115 Å². The van der Waals surface area contributed by atoms with Gasteiger partial charge < -0.3 is 15.5 Å². The summed E-state index contributed by atoms with van der Waals surface area (Å²) in [7, 11) is 3.49. The van der Waals surface area contributed by atoms with Crippen molar-refractivity contribution >= 4 is 24.2 Å². The monoisotopic (exact) mass is 277 g/mol. The van der Waals surface area contributed by atoms with Gasteiger partial charge in [-0.25, -0.2) is 0 Å². The van der Waals surface area contributed by atoms with Crippen LogP contribution in [0.15, 0.2) is 0 Å². The van der Waals surface area contributed by atoms with Crippen LogP contribution in [0.3, 0.4) is 0 Å². The number of rotatable bonds is 6. The summed E-state index contributed by atoms with van der Waals surface area (Å²) in [6.07, 6.45) is 4.01. The third-order valence-corrected chi connectivity index (χ3v) is 2.98. The molecule has 2 N–H and O–H groups in total. The molecule has 0 spiro atoms. The lowest BCUT2D eigenvalue weighted by Gasteiger charge is -2.11. The molecule has 106 valence electrons. The molecule has 1 atom stereocenters. The number of carbonyl (C=O) groups excluding carboxylic acids is 2. The third-order valence-electron chi connectivity index (χ3n) is 2.98. The van der Waals surface area contributed by atoms with Crippen LogP contribution < -0.4 is 10.6 Å². The zero-order valence-corrected chi connectivity index (χ0v) is 12.0. The summed E-state index contributed by atoms with van der Waals surface area (Å²) in [4.78, 5) is 24.4. The Balaban J connectivity index is 0.00000289. The van der Waals surface area contributed by atoms with Crippen LogP contribution in [0.2, 0.25) is 0 Å². The number of nitrogens with zero attached hydrogens (tertiary/aromatic N) is 1. The van der Waals surface area contributed by atoms with Crippen molar-refractivity contribution in [2.45, 2.75) is 38.1 Å². The largest absolute Gasteiger partial charge is 0.356 e. The lowest BCUT2D eigenvalue weighted by Crippen LogP contribution is -2.32. The van der Waals surface area contributed by atoms with E-state index >= 15 is 0 Å². The molecule has 1 aliphatic heterocycles. The van der Waals surface area contributed by atoms with E-state index in [-0.39, 0.29) is 24.2 Å². The molecule has 1 fully saturated rings. The van der Waals surface area contributed by atoms with Crippen LogP contribution in [-0.4, -0.2) is 49.9 Å². The van der Waals surface area contributed by atoms with Crippen molar-refractivity contribution in [1.29, 1.82) is 0 Å². The first-order chi connectivity index (χ1) is 8.09. The van der Waals surface area contributed by atoms with E-state index < -0.39 is 0 Å². The Morgan fingerprint density at radius 1 is 1.39 bits per heavy atom. The molecule has 0 aliphatic carbocycles. The number of nitrogens with one attached hydrogen (secondary N) is 2. The maximum atomic E-state index is 11.5. The van der Waals surface area contributed by atoms with Gasteiger partial charge in [-0.15, -0.1) is 12.4 Å². The molecule has 18 heavy (non-hydrogen) atoms. The quantitative estimate of drug-likeness (QED) is 0.697. The molecule has 1 unspecified atom stereocenters. The van der Waals surface area contributed by atoms with Crippen LogP contribution in [0.4, 0.5) is 0 Å². The fourth-order valence-corrected chi connectivity index (χ4v) is 1.92. The standard InChI is InChI=1S/C12H23N3O2.ClH/c1-15(2)12(17)6-4-8-14-11(16)9-10-5-3-7-13-10;/h10,13H,3-9H2,1-2H3,(H,14,16);1H. The topological polar surface area (TPSA) is 61.4 Å². The van der Waals surface area contributed by atoms with E-state index in [2.05, 4.69) is 10.6 Å². The van der Waals surface area contributed by atoms with Gasteiger partial charge in [0, 0.05) is 39.5 Å². The molecule has 5 nitrogen and oxygen atoms in total. The van der Waals surface area contributed by atoms with Crippen molar-refractivity contribution in [3.8, 4) is 0 Å². The van der Waals surface area contributed by atoms with Crippen molar-refractivity contribution in [2.75, 3.05) is 27.2 Å². The zero-order chi connectivity index (χ0) is 12.7. The minimum absolute atomic E-state index is 0. The Morgan fingerprint density at radius 3 is 2.67 bits per heavy atom. The smallest absolute Gasteiger partial charge is 0.222 e. The first-order valence-corrected chi connectivity index (χ1v) is 6.30. The molecule has 0 aromatic rings. The van der Waals surface area contributed by atoms with Crippen LogP contribution in [-0.2, 0) is 9.59 Å². The van der Waals surface area contributed by atoms with Gasteiger partial charge in [0.1, 0.15) is 0 Å². The Morgan fingerprint density at radius 2 is 2.11 bits per heavy atom. The van der Waals surface area contributed by atoms with E-state index in [0.717, 1.165) is 19.4 Å². The Bertz CT molecular complexity index is 266. The number of halogens is 1. The van der Waals surface area contributed by atoms with E-state index in [1.54, 1.807) is 19.0 Å². The van der Waals surface area contributed by atoms with Gasteiger partial charge in [0.15, 0.2) is 0 Å². The number of hydrogen-bond donors (Lipinski definition) is 2. The average molecular weight is 278 g/mol. The van der Waals surface area contributed by atoms with Gasteiger partial charge >= 0.3 is 0 Å². The first kappa shape index (κ1) is 17.2. The van der Waals surface area contributed by atoms with Gasteiger partial charge in [-0.1, -0.05) is 0 Å². The van der Waals surface area contributed by atoms with Crippen molar-refractivity contribution in [3.63, 3.8) is 0 Å². The molecule has 2 amide bonds. The van der Waals surface area contributed by atoms with Gasteiger partial charge in [-0.3, -0.25) is 9.59 Å². The predicted molar refractivity (Wildman–Crippen MR) is 73.8 cm³/mol. The molecular weight excluding hydrogens is 254 g/mol. The van der Waals surface area contributed by atoms with Crippen LogP contribution in [0.1, 0.15) is 32.1 Å². The minimum Gasteiger partial charge on any atom is -0.356 e. The highest BCUT2D eigenvalue weighted by Gasteiger charge is 2.17. The van der Waals surface area contributed by atoms with E-state index in [9.17, 15) is 9.59 Å². The molecule has 1 heterocycles. The SMILES string of the molecule is CN(C)C(=O)CCCNC(=O)CC1CCCN1.Cl. The Hall–Kier alpha value is -0.810. The summed E-state index contributed by atoms with van der Waals surface area (Å²) in [6.45, 7) is 1.61. The summed E-state index contributed by atoms with van der Waals surface area (Å²) in [5.41, 5.74) is 0. The van der Waals surface area contributed by atoms with E-state index in [0.29, 0.717) is 31.8 Å². The first-order valence-electron chi connectivity index (χ1n) is 6.30. The second-order valence-electron chi connectivity index (χ2n) is 4.74. The van der Waals surface area contributed by atoms with Gasteiger partial charge in [0.25, 0.3) is 0 Å².